The molecule has 0 aliphatic heterocycles. The van der Waals surface area contributed by atoms with Gasteiger partial charge in [-0.1, -0.05) is 17.9 Å². The van der Waals surface area contributed by atoms with E-state index < -0.39 is 6.09 Å². The summed E-state index contributed by atoms with van der Waals surface area (Å²) in [6, 6.07) is 6.78. The Morgan fingerprint density at radius 3 is 2.58 bits per heavy atom. The molecule has 1 amide bonds. The van der Waals surface area contributed by atoms with Crippen LogP contribution in [0.1, 0.15) is 11.1 Å². The van der Waals surface area contributed by atoms with Crippen molar-refractivity contribution in [1.29, 1.82) is 0 Å². The van der Waals surface area contributed by atoms with Gasteiger partial charge in [-0.05, 0) is 18.2 Å². The molecule has 1 aromatic carbocycles. The zero-order valence-electron chi connectivity index (χ0n) is 9.79. The Kier molecular flexibility index (Phi) is 3.59. The van der Waals surface area contributed by atoms with Crippen LogP contribution in [0, 0.1) is 11.8 Å². The number of benzene rings is 1. The van der Waals surface area contributed by atoms with Gasteiger partial charge in [0, 0.05) is 23.6 Å². The highest BCUT2D eigenvalue weighted by Crippen LogP contribution is 2.09. The molecule has 1 heterocycles. The van der Waals surface area contributed by atoms with Crippen molar-refractivity contribution in [3.63, 3.8) is 0 Å². The van der Waals surface area contributed by atoms with E-state index in [1.807, 2.05) is 0 Å². The minimum atomic E-state index is -1.11. The number of hydrogen-bond donors (Lipinski definition) is 3. The van der Waals surface area contributed by atoms with Crippen LogP contribution in [0.25, 0.3) is 0 Å². The SMILES string of the molecule is Nc1ncc(C#Cc2cccc(NC(=O)O)c2)cn1. The highest BCUT2D eigenvalue weighted by atomic mass is 16.4. The molecule has 2 aromatic rings. The third-order valence-electron chi connectivity index (χ3n) is 2.14. The van der Waals surface area contributed by atoms with Gasteiger partial charge in [-0.15, -0.1) is 0 Å². The van der Waals surface area contributed by atoms with Gasteiger partial charge in [0.15, 0.2) is 0 Å². The molecule has 0 aliphatic carbocycles. The second kappa shape index (κ2) is 5.51. The first-order valence-corrected chi connectivity index (χ1v) is 5.33. The second-order valence-corrected chi connectivity index (χ2v) is 3.59. The monoisotopic (exact) mass is 254 g/mol. The molecule has 19 heavy (non-hydrogen) atoms. The quantitative estimate of drug-likeness (QED) is 0.670. The van der Waals surface area contributed by atoms with Crippen molar-refractivity contribution in [1.82, 2.24) is 9.97 Å². The molecule has 0 aliphatic rings. The molecule has 0 bridgehead atoms. The molecule has 0 atom stereocenters. The lowest BCUT2D eigenvalue weighted by Gasteiger charge is -2.00. The van der Waals surface area contributed by atoms with Crippen molar-refractivity contribution < 1.29 is 9.90 Å². The molecule has 0 unspecified atom stereocenters. The van der Waals surface area contributed by atoms with Gasteiger partial charge in [0.2, 0.25) is 5.95 Å². The number of anilines is 2. The van der Waals surface area contributed by atoms with Gasteiger partial charge in [-0.2, -0.15) is 0 Å². The van der Waals surface area contributed by atoms with Gasteiger partial charge in [-0.25, -0.2) is 14.8 Å². The normalized spacial score (nSPS) is 9.26. The number of hydrogen-bond acceptors (Lipinski definition) is 4. The maximum atomic E-state index is 10.5. The fourth-order valence-corrected chi connectivity index (χ4v) is 1.35. The maximum absolute atomic E-state index is 10.5. The average Bonchev–Trinajstić information content (AvgIpc) is 2.38. The van der Waals surface area contributed by atoms with Crippen LogP contribution in [0.15, 0.2) is 36.7 Å². The average molecular weight is 254 g/mol. The van der Waals surface area contributed by atoms with Crippen molar-refractivity contribution in [2.75, 3.05) is 11.1 Å². The standard InChI is InChI=1S/C13H10N4O2/c14-12-15-7-10(8-16-12)5-4-9-2-1-3-11(6-9)17-13(18)19/h1-3,6-8,17H,(H,18,19)(H2,14,15,16). The summed E-state index contributed by atoms with van der Waals surface area (Å²) in [4.78, 5) is 18.2. The Balaban J connectivity index is 2.19. The van der Waals surface area contributed by atoms with Crippen LogP contribution in [0.5, 0.6) is 0 Å². The predicted molar refractivity (Wildman–Crippen MR) is 70.5 cm³/mol. The number of nitrogens with two attached hydrogens (primary N) is 1. The maximum Gasteiger partial charge on any atom is 0.409 e. The van der Waals surface area contributed by atoms with Crippen LogP contribution >= 0.6 is 0 Å². The molecule has 1 aromatic heterocycles. The summed E-state index contributed by atoms with van der Waals surface area (Å²) in [5.74, 6) is 5.95. The van der Waals surface area contributed by atoms with Crippen LogP contribution in [-0.4, -0.2) is 21.2 Å². The van der Waals surface area contributed by atoms with Crippen LogP contribution in [0.4, 0.5) is 16.4 Å². The molecule has 4 N–H and O–H groups in total. The molecule has 0 spiro atoms. The zero-order chi connectivity index (χ0) is 13.7. The molecular weight excluding hydrogens is 244 g/mol. The number of nitrogen functional groups attached to an aromatic ring is 1. The van der Waals surface area contributed by atoms with Gasteiger partial charge in [0.25, 0.3) is 0 Å². The zero-order valence-corrected chi connectivity index (χ0v) is 9.79. The molecule has 6 heteroatoms. The van der Waals surface area contributed by atoms with Gasteiger partial charge >= 0.3 is 6.09 Å². The summed E-state index contributed by atoms with van der Waals surface area (Å²) < 4.78 is 0. The van der Waals surface area contributed by atoms with Crippen molar-refractivity contribution in [3.8, 4) is 11.8 Å². The van der Waals surface area contributed by atoms with Crippen molar-refractivity contribution in [2.24, 2.45) is 0 Å². The van der Waals surface area contributed by atoms with Crippen LogP contribution in [0.3, 0.4) is 0 Å². The van der Waals surface area contributed by atoms with Gasteiger partial charge in [-0.3, -0.25) is 5.32 Å². The predicted octanol–water partition coefficient (Wildman–Crippen LogP) is 1.55. The first-order valence-electron chi connectivity index (χ1n) is 5.33. The smallest absolute Gasteiger partial charge is 0.409 e. The number of nitrogens with one attached hydrogen (secondary N) is 1. The molecule has 0 saturated carbocycles. The highest BCUT2D eigenvalue weighted by Gasteiger charge is 1.97. The summed E-state index contributed by atoms with van der Waals surface area (Å²) in [5, 5.41) is 10.9. The number of carbonyl (C=O) groups is 1. The van der Waals surface area contributed by atoms with E-state index in [9.17, 15) is 4.79 Å². The van der Waals surface area contributed by atoms with Crippen molar-refractivity contribution >= 4 is 17.7 Å². The lowest BCUT2D eigenvalue weighted by molar-refractivity contribution is 0.210. The van der Waals surface area contributed by atoms with E-state index in [0.29, 0.717) is 16.8 Å². The molecule has 0 radical (unpaired) electrons. The fourth-order valence-electron chi connectivity index (χ4n) is 1.35. The first kappa shape index (κ1) is 12.4. The number of aromatic nitrogens is 2. The molecule has 6 nitrogen and oxygen atoms in total. The van der Waals surface area contributed by atoms with Gasteiger partial charge in [0.1, 0.15) is 0 Å². The Hall–Kier alpha value is -3.07. The topological polar surface area (TPSA) is 101 Å². The molecular formula is C13H10N4O2. The van der Waals surface area contributed by atoms with Gasteiger partial charge < -0.3 is 10.8 Å². The van der Waals surface area contributed by atoms with Crippen LogP contribution in [-0.2, 0) is 0 Å². The largest absolute Gasteiger partial charge is 0.465 e. The molecule has 2 rings (SSSR count). The lowest BCUT2D eigenvalue weighted by Crippen LogP contribution is -2.06. The van der Waals surface area contributed by atoms with E-state index >= 15 is 0 Å². The van der Waals surface area contributed by atoms with E-state index in [-0.39, 0.29) is 5.95 Å². The van der Waals surface area contributed by atoms with E-state index in [1.54, 1.807) is 24.3 Å². The van der Waals surface area contributed by atoms with Crippen molar-refractivity contribution in [3.05, 3.63) is 47.8 Å². The minimum absolute atomic E-state index is 0.193. The third-order valence-corrected chi connectivity index (χ3v) is 2.14. The van der Waals surface area contributed by atoms with Crippen molar-refractivity contribution in [2.45, 2.75) is 0 Å². The Labute approximate surface area is 109 Å². The van der Waals surface area contributed by atoms with E-state index in [1.165, 1.54) is 12.4 Å². The summed E-state index contributed by atoms with van der Waals surface area (Å²) in [6.45, 7) is 0. The highest BCUT2D eigenvalue weighted by molar-refractivity contribution is 5.83. The van der Waals surface area contributed by atoms with E-state index in [2.05, 4.69) is 27.1 Å². The minimum Gasteiger partial charge on any atom is -0.465 e. The number of rotatable bonds is 1. The van der Waals surface area contributed by atoms with Gasteiger partial charge in [0.05, 0.1) is 5.56 Å². The summed E-state index contributed by atoms with van der Waals surface area (Å²) in [7, 11) is 0. The number of amides is 1. The van der Waals surface area contributed by atoms with E-state index in [4.69, 9.17) is 10.8 Å². The molecule has 0 fully saturated rings. The number of carboxylic acid groups (broad SMARTS) is 1. The Morgan fingerprint density at radius 1 is 1.21 bits per heavy atom. The Bertz CT molecular complexity index is 656. The van der Waals surface area contributed by atoms with Crippen LogP contribution < -0.4 is 11.1 Å². The summed E-state index contributed by atoms with van der Waals surface area (Å²) in [6.07, 6.45) is 1.93. The first-order chi connectivity index (χ1) is 9.13. The Morgan fingerprint density at radius 2 is 1.89 bits per heavy atom. The van der Waals surface area contributed by atoms with E-state index in [0.717, 1.165) is 0 Å². The van der Waals surface area contributed by atoms with Crippen LogP contribution in [0.2, 0.25) is 0 Å². The summed E-state index contributed by atoms with van der Waals surface area (Å²) in [5.41, 5.74) is 7.15. The fraction of sp³-hybridized carbons (Fsp3) is 0. The second-order valence-electron chi connectivity index (χ2n) is 3.59. The third kappa shape index (κ3) is 3.71. The molecule has 94 valence electrons. The lowest BCUT2D eigenvalue weighted by atomic mass is 10.2. The summed E-state index contributed by atoms with van der Waals surface area (Å²) >= 11 is 0. The number of nitrogens with zero attached hydrogens (tertiary/aromatic N) is 2. The molecule has 0 saturated heterocycles.